The lowest BCUT2D eigenvalue weighted by Gasteiger charge is -2.58. The van der Waals surface area contributed by atoms with Crippen LogP contribution < -0.4 is 10.6 Å². The molecule has 11 heteroatoms. The van der Waals surface area contributed by atoms with Crippen molar-refractivity contribution in [2.24, 2.45) is 5.41 Å². The summed E-state index contributed by atoms with van der Waals surface area (Å²) in [7, 11) is 0. The fourth-order valence-corrected chi connectivity index (χ4v) is 6.98. The topological polar surface area (TPSA) is 94.7 Å². The van der Waals surface area contributed by atoms with Crippen LogP contribution >= 0.6 is 23.2 Å². The molecule has 1 saturated heterocycles. The molecule has 1 atom stereocenters. The van der Waals surface area contributed by atoms with Crippen LogP contribution in [0.1, 0.15) is 48.7 Å². The van der Waals surface area contributed by atoms with Gasteiger partial charge in [-0.2, -0.15) is 5.26 Å². The first-order valence-electron chi connectivity index (χ1n) is 14.5. The number of benzene rings is 3. The molecule has 2 N–H and O–H groups in total. The van der Waals surface area contributed by atoms with E-state index in [1.54, 1.807) is 6.07 Å². The van der Waals surface area contributed by atoms with Crippen LogP contribution in [0.3, 0.4) is 0 Å². The molecular weight excluding hydrogens is 598 g/mol. The zero-order valence-electron chi connectivity index (χ0n) is 23.9. The third-order valence-electron chi connectivity index (χ3n) is 8.78. The Kier molecular flexibility index (Phi) is 7.37. The van der Waals surface area contributed by atoms with Gasteiger partial charge < -0.3 is 15.5 Å². The Hall–Kier alpha value is -4.23. The number of nitriles is 1. The van der Waals surface area contributed by atoms with Crippen LogP contribution in [0, 0.1) is 22.6 Å². The monoisotopic (exact) mass is 626 g/mol. The van der Waals surface area contributed by atoms with E-state index < -0.39 is 5.82 Å². The number of nitrogens with zero attached hydrogens (tertiary/aromatic N) is 6. The summed E-state index contributed by atoms with van der Waals surface area (Å²) < 4.78 is 15.8. The maximum atomic E-state index is 13.8. The number of fused-ring (bicyclic) bond motifs is 1. The molecule has 1 aliphatic heterocycles. The van der Waals surface area contributed by atoms with Crippen LogP contribution in [0.15, 0.2) is 73.1 Å². The van der Waals surface area contributed by atoms with E-state index in [4.69, 9.17) is 23.2 Å². The van der Waals surface area contributed by atoms with E-state index in [2.05, 4.69) is 43.8 Å². The highest BCUT2D eigenvalue weighted by molar-refractivity contribution is 6.36. The molecule has 7 rings (SSSR count). The first-order chi connectivity index (χ1) is 21.3. The molecule has 44 heavy (non-hydrogen) atoms. The van der Waals surface area contributed by atoms with E-state index in [0.717, 1.165) is 30.6 Å². The molecule has 3 aromatic carbocycles. The van der Waals surface area contributed by atoms with Gasteiger partial charge in [0.15, 0.2) is 0 Å². The van der Waals surface area contributed by atoms with Crippen LogP contribution in [0.4, 0.5) is 21.5 Å². The first kappa shape index (κ1) is 28.5. The van der Waals surface area contributed by atoms with E-state index in [1.165, 1.54) is 31.4 Å². The molecule has 1 saturated carbocycles. The second kappa shape index (κ2) is 11.4. The summed E-state index contributed by atoms with van der Waals surface area (Å²) in [5, 5.41) is 26.9. The van der Waals surface area contributed by atoms with Crippen LogP contribution in [0.25, 0.3) is 10.9 Å². The van der Waals surface area contributed by atoms with Gasteiger partial charge in [-0.15, -0.1) is 5.10 Å². The first-order valence-corrected chi connectivity index (χ1v) is 15.3. The van der Waals surface area contributed by atoms with Gasteiger partial charge in [-0.1, -0.05) is 65.7 Å². The quantitative estimate of drug-likeness (QED) is 0.182. The summed E-state index contributed by atoms with van der Waals surface area (Å²) in [4.78, 5) is 6.94. The summed E-state index contributed by atoms with van der Waals surface area (Å²) >= 11 is 12.8. The zero-order chi connectivity index (χ0) is 30.4. The van der Waals surface area contributed by atoms with Gasteiger partial charge in [0.2, 0.25) is 0 Å². The number of rotatable bonds is 8. The largest absolute Gasteiger partial charge is 0.373 e. The fraction of sp³-hybridized carbons (Fsp3) is 0.273. The average molecular weight is 628 g/mol. The van der Waals surface area contributed by atoms with Crippen molar-refractivity contribution in [2.45, 2.75) is 31.8 Å². The van der Waals surface area contributed by atoms with Gasteiger partial charge in [0, 0.05) is 36.0 Å². The van der Waals surface area contributed by atoms with Crippen molar-refractivity contribution in [1.82, 2.24) is 24.9 Å². The summed E-state index contributed by atoms with van der Waals surface area (Å²) in [5.74, 6) is -0.529. The highest BCUT2D eigenvalue weighted by Crippen LogP contribution is 2.53. The molecule has 8 nitrogen and oxygen atoms in total. The minimum absolute atomic E-state index is 0.0290. The smallest absolute Gasteiger partial charge is 0.141 e. The number of hydrogen-bond acceptors (Lipinski definition) is 7. The summed E-state index contributed by atoms with van der Waals surface area (Å²) in [6.07, 6.45) is 5.76. The number of aromatic nitrogens is 4. The van der Waals surface area contributed by atoms with Gasteiger partial charge in [0.1, 0.15) is 17.6 Å². The standard InChI is InChI=1S/C33H29Cl2FN8/c1-2-43-18-33(19-43)13-24(14-33)44-17-29(41-42-44)31(20-6-4-3-5-7-20)40-23-10-25-30(39-22-8-9-28(36)26(34)11-22)21(15-37)16-38-32(25)27(35)12-23/h3-12,16-17,24,31,40H,2,13-14,18-19H2,1H3,(H,38,39). The van der Waals surface area contributed by atoms with Gasteiger partial charge >= 0.3 is 0 Å². The van der Waals surface area contributed by atoms with E-state index in [1.807, 2.05) is 53.3 Å². The van der Waals surface area contributed by atoms with Crippen molar-refractivity contribution in [1.29, 1.82) is 5.26 Å². The van der Waals surface area contributed by atoms with Gasteiger partial charge in [-0.3, -0.25) is 4.98 Å². The van der Waals surface area contributed by atoms with E-state index >= 15 is 0 Å². The van der Waals surface area contributed by atoms with Crippen LogP contribution in [-0.4, -0.2) is 44.5 Å². The molecular formula is C33H29Cl2FN8. The maximum absolute atomic E-state index is 13.8. The molecule has 0 bridgehead atoms. The highest BCUT2D eigenvalue weighted by atomic mass is 35.5. The highest BCUT2D eigenvalue weighted by Gasteiger charge is 2.52. The second-order valence-electron chi connectivity index (χ2n) is 11.7. The predicted octanol–water partition coefficient (Wildman–Crippen LogP) is 7.75. The number of likely N-dealkylation sites (tertiary alicyclic amines) is 1. The third kappa shape index (κ3) is 5.23. The average Bonchev–Trinajstić information content (AvgIpc) is 3.47. The molecule has 222 valence electrons. The number of halogens is 3. The lowest BCUT2D eigenvalue weighted by atomic mass is 9.60. The summed E-state index contributed by atoms with van der Waals surface area (Å²) in [6.45, 7) is 5.66. The minimum atomic E-state index is -0.529. The molecule has 5 aromatic rings. The Labute approximate surface area is 264 Å². The lowest BCUT2D eigenvalue weighted by Crippen LogP contribution is -2.62. The Morgan fingerprint density at radius 2 is 1.84 bits per heavy atom. The van der Waals surface area contributed by atoms with E-state index in [9.17, 15) is 9.65 Å². The van der Waals surface area contributed by atoms with Gasteiger partial charge in [0.05, 0.1) is 45.1 Å². The number of pyridine rings is 1. The van der Waals surface area contributed by atoms with Gasteiger partial charge in [0.25, 0.3) is 0 Å². The Morgan fingerprint density at radius 3 is 2.57 bits per heavy atom. The number of anilines is 3. The number of hydrogen-bond donors (Lipinski definition) is 2. The zero-order valence-corrected chi connectivity index (χ0v) is 25.4. The predicted molar refractivity (Wildman–Crippen MR) is 171 cm³/mol. The van der Waals surface area contributed by atoms with Crippen molar-refractivity contribution < 1.29 is 4.39 Å². The van der Waals surface area contributed by atoms with E-state index in [0.29, 0.717) is 50.0 Å². The minimum Gasteiger partial charge on any atom is -0.373 e. The summed E-state index contributed by atoms with van der Waals surface area (Å²) in [5.41, 5.74) is 4.79. The van der Waals surface area contributed by atoms with Crippen LogP contribution in [-0.2, 0) is 0 Å². The molecule has 0 amide bonds. The van der Waals surface area contributed by atoms with Crippen molar-refractivity contribution in [3.63, 3.8) is 0 Å². The normalized spacial score (nSPS) is 16.7. The van der Waals surface area contributed by atoms with Crippen LogP contribution in [0.2, 0.25) is 10.0 Å². The fourth-order valence-electron chi connectivity index (χ4n) is 6.53. The maximum Gasteiger partial charge on any atom is 0.141 e. The number of nitrogens with one attached hydrogen (secondary N) is 2. The van der Waals surface area contributed by atoms with E-state index in [-0.39, 0.29) is 11.1 Å². The Bertz CT molecular complexity index is 1890. The molecule has 1 spiro atoms. The SMILES string of the molecule is CCN1CC2(CC(n3cc(C(Nc4cc(Cl)c5ncc(C#N)c(Nc6ccc(F)c(Cl)c6)c5c4)c4ccccc4)nn3)C2)C1. The molecule has 1 unspecified atom stereocenters. The Morgan fingerprint density at radius 1 is 1.07 bits per heavy atom. The summed E-state index contributed by atoms with van der Waals surface area (Å²) in [6, 6.07) is 20.3. The molecule has 2 fully saturated rings. The van der Waals surface area contributed by atoms with Crippen molar-refractivity contribution in [2.75, 3.05) is 30.3 Å². The van der Waals surface area contributed by atoms with Gasteiger partial charge in [-0.25, -0.2) is 9.07 Å². The lowest BCUT2D eigenvalue weighted by molar-refractivity contribution is -0.0891. The van der Waals surface area contributed by atoms with Crippen molar-refractivity contribution >= 4 is 51.2 Å². The van der Waals surface area contributed by atoms with Crippen molar-refractivity contribution in [3.05, 3.63) is 106 Å². The molecule has 2 aliphatic rings. The van der Waals surface area contributed by atoms with Crippen molar-refractivity contribution in [3.8, 4) is 6.07 Å². The van der Waals surface area contributed by atoms with Crippen LogP contribution in [0.5, 0.6) is 0 Å². The molecule has 3 heterocycles. The Balaban J connectivity index is 1.22. The second-order valence-corrected chi connectivity index (χ2v) is 12.6. The molecule has 2 aromatic heterocycles. The third-order valence-corrected chi connectivity index (χ3v) is 9.36. The van der Waals surface area contributed by atoms with Gasteiger partial charge in [-0.05, 0) is 60.7 Å². The molecule has 1 aliphatic carbocycles. The molecule has 0 radical (unpaired) electrons.